The van der Waals surface area contributed by atoms with E-state index in [-0.39, 0.29) is 0 Å². The van der Waals surface area contributed by atoms with E-state index in [2.05, 4.69) is 41.2 Å². The van der Waals surface area contributed by atoms with Crippen molar-refractivity contribution >= 4 is 50.0 Å². The molecule has 1 N–H and O–H groups in total. The van der Waals surface area contributed by atoms with Crippen LogP contribution in [0.3, 0.4) is 0 Å². The highest BCUT2D eigenvalue weighted by molar-refractivity contribution is 9.10. The molecule has 0 aromatic carbocycles. The lowest BCUT2D eigenvalue weighted by molar-refractivity contribution is 0.942. The van der Waals surface area contributed by atoms with Crippen LogP contribution in [0.4, 0.5) is 10.9 Å². The number of anilines is 2. The van der Waals surface area contributed by atoms with Gasteiger partial charge in [-0.3, -0.25) is 0 Å². The molecule has 0 saturated carbocycles. The highest BCUT2D eigenvalue weighted by Crippen LogP contribution is 2.30. The topological polar surface area (TPSA) is 63.6 Å². The Labute approximate surface area is 144 Å². The lowest BCUT2D eigenvalue weighted by atomic mass is 10.3. The van der Waals surface area contributed by atoms with Gasteiger partial charge in [0.05, 0.1) is 10.6 Å². The van der Waals surface area contributed by atoms with Gasteiger partial charge < -0.3 is 5.32 Å². The minimum Gasteiger partial charge on any atom is -0.316 e. The summed E-state index contributed by atoms with van der Waals surface area (Å²) in [6, 6.07) is 5.79. The molecule has 3 heterocycles. The van der Waals surface area contributed by atoms with E-state index in [1.54, 1.807) is 6.20 Å². The molecule has 0 aliphatic heterocycles. The average Bonchev–Trinajstić information content (AvgIpc) is 2.97. The molecule has 0 spiro atoms. The zero-order valence-corrected chi connectivity index (χ0v) is 15.1. The van der Waals surface area contributed by atoms with Crippen LogP contribution in [-0.4, -0.2) is 26.2 Å². The van der Waals surface area contributed by atoms with E-state index in [0.29, 0.717) is 0 Å². The van der Waals surface area contributed by atoms with Crippen molar-refractivity contribution in [3.05, 3.63) is 40.8 Å². The summed E-state index contributed by atoms with van der Waals surface area (Å²) in [6.07, 6.45) is 5.53. The highest BCUT2D eigenvalue weighted by atomic mass is 79.9. The van der Waals surface area contributed by atoms with Crippen LogP contribution in [0, 0.1) is 6.92 Å². The van der Waals surface area contributed by atoms with E-state index in [9.17, 15) is 0 Å². The second-order valence-electron chi connectivity index (χ2n) is 4.40. The number of thiazole rings is 1. The Morgan fingerprint density at radius 2 is 2.05 bits per heavy atom. The van der Waals surface area contributed by atoms with Crippen LogP contribution in [0.25, 0.3) is 10.6 Å². The summed E-state index contributed by atoms with van der Waals surface area (Å²) >= 11 is 6.44. The molecular formula is C14H12BrN5S2. The van der Waals surface area contributed by atoms with Gasteiger partial charge in [-0.05, 0) is 47.3 Å². The van der Waals surface area contributed by atoms with Gasteiger partial charge in [0.25, 0.3) is 0 Å². The number of pyridine rings is 1. The number of hydrogen-bond donors (Lipinski definition) is 1. The Morgan fingerprint density at radius 3 is 2.77 bits per heavy atom. The van der Waals surface area contributed by atoms with E-state index in [0.717, 1.165) is 36.8 Å². The first-order valence-corrected chi connectivity index (χ1v) is 9.22. The molecule has 0 amide bonds. The summed E-state index contributed by atoms with van der Waals surface area (Å²) in [5.41, 5.74) is 1.85. The molecule has 0 bridgehead atoms. The molecule has 3 aromatic heterocycles. The molecular weight excluding hydrogens is 382 g/mol. The second kappa shape index (κ2) is 6.72. The summed E-state index contributed by atoms with van der Waals surface area (Å²) in [4.78, 5) is 18.6. The molecule has 22 heavy (non-hydrogen) atoms. The van der Waals surface area contributed by atoms with E-state index in [4.69, 9.17) is 0 Å². The first-order valence-electron chi connectivity index (χ1n) is 6.38. The van der Waals surface area contributed by atoms with Gasteiger partial charge in [0.2, 0.25) is 0 Å². The van der Waals surface area contributed by atoms with Crippen molar-refractivity contribution in [3.63, 3.8) is 0 Å². The van der Waals surface area contributed by atoms with Crippen molar-refractivity contribution in [1.82, 2.24) is 19.9 Å². The second-order valence-corrected chi connectivity index (χ2v) is 7.12. The molecule has 0 saturated heterocycles. The number of nitrogens with one attached hydrogen (secondary N) is 1. The lowest BCUT2D eigenvalue weighted by Gasteiger charge is -2.02. The fourth-order valence-electron chi connectivity index (χ4n) is 1.77. The molecule has 8 heteroatoms. The van der Waals surface area contributed by atoms with Gasteiger partial charge >= 0.3 is 0 Å². The molecule has 0 unspecified atom stereocenters. The Hall–Kier alpha value is -1.51. The van der Waals surface area contributed by atoms with Gasteiger partial charge in [0, 0.05) is 22.6 Å². The van der Waals surface area contributed by atoms with Gasteiger partial charge in [0.15, 0.2) is 10.3 Å². The normalized spacial score (nSPS) is 10.7. The summed E-state index contributed by atoms with van der Waals surface area (Å²) in [7, 11) is 0. The van der Waals surface area contributed by atoms with Gasteiger partial charge in [-0.25, -0.2) is 19.9 Å². The molecule has 3 rings (SSSR count). The number of thioether (sulfide) groups is 1. The fraction of sp³-hybridized carbons (Fsp3) is 0.143. The predicted molar refractivity (Wildman–Crippen MR) is 94.9 cm³/mol. The highest BCUT2D eigenvalue weighted by Gasteiger charge is 2.09. The Kier molecular flexibility index (Phi) is 4.70. The number of rotatable bonds is 4. The van der Waals surface area contributed by atoms with Crippen molar-refractivity contribution in [1.29, 1.82) is 0 Å². The van der Waals surface area contributed by atoms with Gasteiger partial charge in [0.1, 0.15) is 5.82 Å². The Morgan fingerprint density at radius 1 is 1.18 bits per heavy atom. The maximum Gasteiger partial charge on any atom is 0.188 e. The van der Waals surface area contributed by atoms with Crippen LogP contribution in [-0.2, 0) is 0 Å². The Bertz CT molecular complexity index is 788. The zero-order chi connectivity index (χ0) is 15.5. The van der Waals surface area contributed by atoms with Gasteiger partial charge in [-0.1, -0.05) is 23.1 Å². The number of aryl methyl sites for hydroxylation is 1. The molecule has 0 atom stereocenters. The molecule has 5 nitrogen and oxygen atoms in total. The van der Waals surface area contributed by atoms with E-state index in [1.165, 1.54) is 23.1 Å². The van der Waals surface area contributed by atoms with Crippen LogP contribution in [0.15, 0.2) is 40.2 Å². The summed E-state index contributed by atoms with van der Waals surface area (Å²) in [6.45, 7) is 1.97. The lowest BCUT2D eigenvalue weighted by Crippen LogP contribution is -1.91. The van der Waals surface area contributed by atoms with Crippen LogP contribution in [0.2, 0.25) is 0 Å². The van der Waals surface area contributed by atoms with E-state index in [1.807, 2.05) is 37.6 Å². The fourth-order valence-corrected chi connectivity index (χ4v) is 3.21. The monoisotopic (exact) mass is 393 g/mol. The summed E-state index contributed by atoms with van der Waals surface area (Å²) < 4.78 is 0.943. The zero-order valence-electron chi connectivity index (χ0n) is 11.9. The number of halogens is 1. The van der Waals surface area contributed by atoms with Crippen LogP contribution < -0.4 is 5.32 Å². The van der Waals surface area contributed by atoms with Crippen LogP contribution >= 0.6 is 39.0 Å². The van der Waals surface area contributed by atoms with E-state index >= 15 is 0 Å². The van der Waals surface area contributed by atoms with E-state index < -0.39 is 0 Å². The number of hydrogen-bond acceptors (Lipinski definition) is 7. The molecule has 0 aliphatic rings. The number of nitrogens with zero attached hydrogens (tertiary/aromatic N) is 4. The predicted octanol–water partition coefficient (Wildman–Crippen LogP) is 4.53. The Balaban J connectivity index is 1.84. The number of aromatic nitrogens is 4. The van der Waals surface area contributed by atoms with Crippen molar-refractivity contribution in [2.75, 3.05) is 11.6 Å². The van der Waals surface area contributed by atoms with Gasteiger partial charge in [-0.2, -0.15) is 0 Å². The molecule has 0 fully saturated rings. The van der Waals surface area contributed by atoms with Crippen molar-refractivity contribution in [2.24, 2.45) is 0 Å². The smallest absolute Gasteiger partial charge is 0.188 e. The third-order valence-corrected chi connectivity index (χ3v) is 4.69. The first-order chi connectivity index (χ1) is 10.6. The van der Waals surface area contributed by atoms with Crippen molar-refractivity contribution in [3.8, 4) is 10.6 Å². The maximum absolute atomic E-state index is 4.53. The first kappa shape index (κ1) is 15.4. The van der Waals surface area contributed by atoms with Gasteiger partial charge in [-0.15, -0.1) is 0 Å². The van der Waals surface area contributed by atoms with Crippen molar-refractivity contribution in [2.45, 2.75) is 12.1 Å². The maximum atomic E-state index is 4.53. The standard InChI is InChI=1S/C14H12BrN5S2/c1-8-5-10(19-14(18-8)21-2)11-7-17-13(22-11)20-12-4-3-9(15)6-16-12/h3-7H,1-2H3,(H,16,17,20). The van der Waals surface area contributed by atoms with Crippen LogP contribution in [0.5, 0.6) is 0 Å². The third-order valence-electron chi connectivity index (χ3n) is 2.74. The van der Waals surface area contributed by atoms with Crippen molar-refractivity contribution < 1.29 is 0 Å². The summed E-state index contributed by atoms with van der Waals surface area (Å²) in [5, 5.41) is 4.75. The summed E-state index contributed by atoms with van der Waals surface area (Å²) in [5.74, 6) is 0.757. The molecule has 112 valence electrons. The third kappa shape index (κ3) is 3.63. The molecule has 3 aromatic rings. The minimum absolute atomic E-state index is 0.757. The molecule has 0 aliphatic carbocycles. The average molecular weight is 394 g/mol. The quantitative estimate of drug-likeness (QED) is 0.518. The minimum atomic E-state index is 0.757. The SMILES string of the molecule is CSc1nc(C)cc(-c2cnc(Nc3ccc(Br)cn3)s2)n1. The molecule has 0 radical (unpaired) electrons. The largest absolute Gasteiger partial charge is 0.316 e. The van der Waals surface area contributed by atoms with Crippen LogP contribution in [0.1, 0.15) is 5.69 Å².